The van der Waals surface area contributed by atoms with Crippen LogP contribution < -0.4 is 5.32 Å². The predicted octanol–water partition coefficient (Wildman–Crippen LogP) is 3.62. The average molecular weight is 292 g/mol. The molecule has 2 rings (SSSR count). The van der Waals surface area contributed by atoms with Crippen LogP contribution in [0.15, 0.2) is 41.8 Å². The number of carbonyl (C=O) groups is 1. The van der Waals surface area contributed by atoms with Crippen LogP contribution in [0.25, 0.3) is 0 Å². The number of nitrogens with zero attached hydrogens (tertiary/aromatic N) is 1. The summed E-state index contributed by atoms with van der Waals surface area (Å²) in [4.78, 5) is 14.9. The number of hydrogen-bond acceptors (Lipinski definition) is 2. The lowest BCUT2D eigenvalue weighted by Crippen LogP contribution is -2.39. The summed E-state index contributed by atoms with van der Waals surface area (Å²) in [5.41, 5.74) is 0.494. The molecule has 1 aromatic heterocycles. The van der Waals surface area contributed by atoms with E-state index >= 15 is 0 Å². The van der Waals surface area contributed by atoms with Gasteiger partial charge < -0.3 is 10.2 Å². The molecule has 0 aliphatic heterocycles. The van der Waals surface area contributed by atoms with Gasteiger partial charge in [-0.15, -0.1) is 11.3 Å². The van der Waals surface area contributed by atoms with Gasteiger partial charge in [0.15, 0.2) is 0 Å². The molecule has 1 N–H and O–H groups in total. The van der Waals surface area contributed by atoms with E-state index in [-0.39, 0.29) is 18.4 Å². The molecule has 20 heavy (non-hydrogen) atoms. The SMILES string of the molecule is CCN(Cc1cccs1)C(=O)NCc1ccccc1F. The molecule has 0 radical (unpaired) electrons. The minimum Gasteiger partial charge on any atom is -0.334 e. The standard InChI is InChI=1S/C15H17FN2OS/c1-2-18(11-13-7-5-9-20-13)15(19)17-10-12-6-3-4-8-14(12)16/h3-9H,2,10-11H2,1H3,(H,17,19). The number of benzene rings is 1. The fraction of sp³-hybridized carbons (Fsp3) is 0.267. The van der Waals surface area contributed by atoms with Crippen LogP contribution >= 0.6 is 11.3 Å². The van der Waals surface area contributed by atoms with E-state index in [1.54, 1.807) is 34.4 Å². The van der Waals surface area contributed by atoms with Gasteiger partial charge in [-0.05, 0) is 24.4 Å². The molecule has 0 bridgehead atoms. The number of rotatable bonds is 5. The molecule has 0 saturated carbocycles. The van der Waals surface area contributed by atoms with Crippen LogP contribution in [0.2, 0.25) is 0 Å². The van der Waals surface area contributed by atoms with Crippen molar-refractivity contribution in [2.24, 2.45) is 0 Å². The highest BCUT2D eigenvalue weighted by Gasteiger charge is 2.12. The number of amides is 2. The molecule has 106 valence electrons. The quantitative estimate of drug-likeness (QED) is 0.897. The van der Waals surface area contributed by atoms with Crippen molar-refractivity contribution in [2.45, 2.75) is 20.0 Å². The first-order chi connectivity index (χ1) is 9.70. The van der Waals surface area contributed by atoms with Gasteiger partial charge in [-0.1, -0.05) is 24.3 Å². The number of halogens is 1. The van der Waals surface area contributed by atoms with Crippen molar-refractivity contribution in [2.75, 3.05) is 6.54 Å². The lowest BCUT2D eigenvalue weighted by molar-refractivity contribution is 0.198. The summed E-state index contributed by atoms with van der Waals surface area (Å²) in [6.45, 7) is 3.32. The maximum absolute atomic E-state index is 13.5. The minimum absolute atomic E-state index is 0.177. The van der Waals surface area contributed by atoms with Crippen LogP contribution in [-0.4, -0.2) is 17.5 Å². The Hall–Kier alpha value is -1.88. The van der Waals surface area contributed by atoms with Crippen LogP contribution in [0.4, 0.5) is 9.18 Å². The molecule has 0 spiro atoms. The summed E-state index contributed by atoms with van der Waals surface area (Å²) < 4.78 is 13.5. The van der Waals surface area contributed by atoms with Gasteiger partial charge in [0.2, 0.25) is 0 Å². The Bertz CT molecular complexity index is 557. The van der Waals surface area contributed by atoms with Gasteiger partial charge in [0.25, 0.3) is 0 Å². The summed E-state index contributed by atoms with van der Waals surface area (Å²) in [7, 11) is 0. The summed E-state index contributed by atoms with van der Waals surface area (Å²) in [6, 6.07) is 10.2. The fourth-order valence-electron chi connectivity index (χ4n) is 1.84. The smallest absolute Gasteiger partial charge is 0.317 e. The van der Waals surface area contributed by atoms with Crippen molar-refractivity contribution in [1.29, 1.82) is 0 Å². The Kier molecular flexibility index (Phi) is 5.12. The molecule has 1 aromatic carbocycles. The summed E-state index contributed by atoms with van der Waals surface area (Å²) in [6.07, 6.45) is 0. The number of urea groups is 1. The topological polar surface area (TPSA) is 32.3 Å². The number of hydrogen-bond donors (Lipinski definition) is 1. The van der Waals surface area contributed by atoms with Crippen molar-refractivity contribution in [3.63, 3.8) is 0 Å². The first-order valence-corrected chi connectivity index (χ1v) is 7.37. The molecule has 1 heterocycles. The van der Waals surface area contributed by atoms with E-state index in [1.807, 2.05) is 24.4 Å². The van der Waals surface area contributed by atoms with Gasteiger partial charge in [0.05, 0.1) is 6.54 Å². The number of carbonyl (C=O) groups excluding carboxylic acids is 1. The zero-order chi connectivity index (χ0) is 14.4. The number of nitrogens with one attached hydrogen (secondary N) is 1. The van der Waals surface area contributed by atoms with E-state index in [1.165, 1.54) is 6.07 Å². The van der Waals surface area contributed by atoms with E-state index in [0.717, 1.165) is 4.88 Å². The van der Waals surface area contributed by atoms with Crippen LogP contribution in [-0.2, 0) is 13.1 Å². The zero-order valence-electron chi connectivity index (χ0n) is 11.3. The molecule has 0 aliphatic rings. The maximum atomic E-state index is 13.5. The Morgan fingerprint density at radius 2 is 2.10 bits per heavy atom. The molecule has 0 saturated heterocycles. The molecule has 3 nitrogen and oxygen atoms in total. The van der Waals surface area contributed by atoms with Crippen LogP contribution in [0.3, 0.4) is 0 Å². The first kappa shape index (κ1) is 14.5. The summed E-state index contributed by atoms with van der Waals surface area (Å²) >= 11 is 1.62. The Labute approximate surface area is 122 Å². The molecule has 5 heteroatoms. The Balaban J connectivity index is 1.91. The summed E-state index contributed by atoms with van der Waals surface area (Å²) in [5, 5.41) is 4.74. The second-order valence-electron chi connectivity index (χ2n) is 4.34. The van der Waals surface area contributed by atoms with Crippen LogP contribution in [0.1, 0.15) is 17.4 Å². The molecule has 0 unspecified atom stereocenters. The molecule has 2 aromatic rings. The third-order valence-corrected chi connectivity index (χ3v) is 3.84. The minimum atomic E-state index is -0.297. The lowest BCUT2D eigenvalue weighted by atomic mass is 10.2. The number of thiophene rings is 1. The van der Waals surface area contributed by atoms with Gasteiger partial charge in [-0.2, -0.15) is 0 Å². The maximum Gasteiger partial charge on any atom is 0.317 e. The third-order valence-electron chi connectivity index (χ3n) is 2.98. The average Bonchev–Trinajstić information content (AvgIpc) is 2.96. The van der Waals surface area contributed by atoms with Crippen molar-refractivity contribution in [1.82, 2.24) is 10.2 Å². The van der Waals surface area contributed by atoms with Gasteiger partial charge in [-0.3, -0.25) is 0 Å². The van der Waals surface area contributed by atoms with Gasteiger partial charge >= 0.3 is 6.03 Å². The zero-order valence-corrected chi connectivity index (χ0v) is 12.1. The Morgan fingerprint density at radius 3 is 2.75 bits per heavy atom. The van der Waals surface area contributed by atoms with E-state index < -0.39 is 0 Å². The van der Waals surface area contributed by atoms with Gasteiger partial charge in [-0.25, -0.2) is 9.18 Å². The molecule has 2 amide bonds. The monoisotopic (exact) mass is 292 g/mol. The van der Waals surface area contributed by atoms with Gasteiger partial charge in [0.1, 0.15) is 5.82 Å². The first-order valence-electron chi connectivity index (χ1n) is 6.49. The van der Waals surface area contributed by atoms with E-state index in [9.17, 15) is 9.18 Å². The Morgan fingerprint density at radius 1 is 1.30 bits per heavy atom. The largest absolute Gasteiger partial charge is 0.334 e. The van der Waals surface area contributed by atoms with E-state index in [2.05, 4.69) is 5.32 Å². The van der Waals surface area contributed by atoms with Crippen molar-refractivity contribution >= 4 is 17.4 Å². The second-order valence-corrected chi connectivity index (χ2v) is 5.38. The fourth-order valence-corrected chi connectivity index (χ4v) is 2.56. The normalized spacial score (nSPS) is 10.3. The molecule has 0 fully saturated rings. The predicted molar refractivity (Wildman–Crippen MR) is 79.0 cm³/mol. The lowest BCUT2D eigenvalue weighted by Gasteiger charge is -2.20. The highest BCUT2D eigenvalue weighted by Crippen LogP contribution is 2.12. The van der Waals surface area contributed by atoms with Crippen LogP contribution in [0.5, 0.6) is 0 Å². The van der Waals surface area contributed by atoms with E-state index in [0.29, 0.717) is 18.7 Å². The molecular formula is C15H17FN2OS. The molecule has 0 aliphatic carbocycles. The van der Waals surface area contributed by atoms with Gasteiger partial charge in [0, 0.05) is 23.5 Å². The van der Waals surface area contributed by atoms with E-state index in [4.69, 9.17) is 0 Å². The highest BCUT2D eigenvalue weighted by molar-refractivity contribution is 7.09. The molecular weight excluding hydrogens is 275 g/mol. The highest BCUT2D eigenvalue weighted by atomic mass is 32.1. The summed E-state index contributed by atoms with van der Waals surface area (Å²) in [5.74, 6) is -0.297. The third kappa shape index (κ3) is 3.81. The van der Waals surface area contributed by atoms with Crippen molar-refractivity contribution < 1.29 is 9.18 Å². The van der Waals surface area contributed by atoms with Crippen LogP contribution in [0, 0.1) is 5.82 Å². The van der Waals surface area contributed by atoms with Crippen molar-refractivity contribution in [3.8, 4) is 0 Å². The molecule has 0 atom stereocenters. The van der Waals surface area contributed by atoms with Crippen molar-refractivity contribution in [3.05, 3.63) is 58.0 Å². The second kappa shape index (κ2) is 7.05.